The Morgan fingerprint density at radius 2 is 2.05 bits per heavy atom. The molecule has 2 rings (SSSR count). The number of methoxy groups -OCH3 is 1. The van der Waals surface area contributed by atoms with E-state index >= 15 is 0 Å². The van der Waals surface area contributed by atoms with Gasteiger partial charge < -0.3 is 14.6 Å². The molecular weight excluding hydrogens is 343 g/mol. The number of anilines is 1. The van der Waals surface area contributed by atoms with Gasteiger partial charge in [0.05, 0.1) is 12.7 Å². The quantitative estimate of drug-likeness (QED) is 0.862. The Morgan fingerprint density at radius 1 is 1.33 bits per heavy atom. The summed E-state index contributed by atoms with van der Waals surface area (Å²) >= 11 is 3.27. The van der Waals surface area contributed by atoms with Crippen LogP contribution in [0.5, 0.6) is 0 Å². The normalized spacial score (nSPS) is 10.3. The number of halogens is 2. The molecule has 5 nitrogen and oxygen atoms in total. The van der Waals surface area contributed by atoms with Crippen LogP contribution in [0.3, 0.4) is 0 Å². The Hall–Kier alpha value is -2.15. The number of hydrogen-bond donors (Lipinski definition) is 1. The number of rotatable bonds is 3. The molecule has 0 saturated heterocycles. The lowest BCUT2D eigenvalue weighted by atomic mass is 10.2. The molecule has 1 aromatic carbocycles. The van der Waals surface area contributed by atoms with E-state index in [0.717, 1.165) is 17.6 Å². The van der Waals surface area contributed by atoms with Gasteiger partial charge in [-0.2, -0.15) is 0 Å². The lowest BCUT2D eigenvalue weighted by Crippen LogP contribution is -2.16. The van der Waals surface area contributed by atoms with Gasteiger partial charge in [-0.15, -0.1) is 0 Å². The van der Waals surface area contributed by atoms with E-state index in [2.05, 4.69) is 26.0 Å². The molecule has 0 spiro atoms. The van der Waals surface area contributed by atoms with Crippen molar-refractivity contribution in [3.8, 4) is 0 Å². The third kappa shape index (κ3) is 3.30. The standard InChI is InChI=1S/C14H12BrFN2O3/c1-18-7-8(15)5-12(18)13(19)17-9-3-4-11(16)10(6-9)14(20)21-2/h3-7H,1-2H3,(H,17,19). The van der Waals surface area contributed by atoms with Crippen LogP contribution in [-0.4, -0.2) is 23.6 Å². The molecule has 1 amide bonds. The van der Waals surface area contributed by atoms with Crippen LogP contribution in [0.4, 0.5) is 10.1 Å². The minimum absolute atomic E-state index is 0.233. The van der Waals surface area contributed by atoms with Gasteiger partial charge in [0, 0.05) is 23.4 Å². The zero-order chi connectivity index (χ0) is 15.6. The molecule has 2 aromatic rings. The Bertz CT molecular complexity index is 712. The molecule has 0 unspecified atom stereocenters. The first-order chi connectivity index (χ1) is 9.92. The van der Waals surface area contributed by atoms with Gasteiger partial charge in [0.15, 0.2) is 0 Å². The Kier molecular flexibility index (Phi) is 4.42. The highest BCUT2D eigenvalue weighted by molar-refractivity contribution is 9.10. The van der Waals surface area contributed by atoms with Crippen LogP contribution in [0.1, 0.15) is 20.8 Å². The topological polar surface area (TPSA) is 60.3 Å². The van der Waals surface area contributed by atoms with Crippen molar-refractivity contribution in [1.82, 2.24) is 4.57 Å². The summed E-state index contributed by atoms with van der Waals surface area (Å²) in [6, 6.07) is 5.36. The second kappa shape index (κ2) is 6.09. The van der Waals surface area contributed by atoms with Crippen molar-refractivity contribution in [3.05, 3.63) is 52.0 Å². The number of nitrogens with zero attached hydrogens (tertiary/aromatic N) is 1. The molecule has 7 heteroatoms. The number of benzene rings is 1. The van der Waals surface area contributed by atoms with Gasteiger partial charge in [-0.1, -0.05) is 0 Å². The number of aromatic nitrogens is 1. The van der Waals surface area contributed by atoms with E-state index < -0.39 is 11.8 Å². The predicted molar refractivity (Wildman–Crippen MR) is 78.8 cm³/mol. The van der Waals surface area contributed by atoms with E-state index in [1.807, 2.05) is 0 Å². The number of hydrogen-bond acceptors (Lipinski definition) is 3. The van der Waals surface area contributed by atoms with Crippen LogP contribution in [0.25, 0.3) is 0 Å². The summed E-state index contributed by atoms with van der Waals surface area (Å²) in [4.78, 5) is 23.5. The molecular formula is C14H12BrFN2O3. The number of carbonyl (C=O) groups is 2. The summed E-state index contributed by atoms with van der Waals surface area (Å²) in [5.41, 5.74) is 0.494. The van der Waals surface area contributed by atoms with Crippen molar-refractivity contribution in [3.63, 3.8) is 0 Å². The second-order valence-corrected chi connectivity index (χ2v) is 5.21. The molecule has 21 heavy (non-hydrogen) atoms. The van der Waals surface area contributed by atoms with Crippen molar-refractivity contribution in [2.24, 2.45) is 7.05 Å². The fourth-order valence-electron chi connectivity index (χ4n) is 1.81. The van der Waals surface area contributed by atoms with Gasteiger partial charge in [0.1, 0.15) is 11.5 Å². The second-order valence-electron chi connectivity index (χ2n) is 4.29. The molecule has 0 radical (unpaired) electrons. The average molecular weight is 355 g/mol. The molecule has 110 valence electrons. The maximum atomic E-state index is 13.5. The van der Waals surface area contributed by atoms with Gasteiger partial charge in [0.2, 0.25) is 0 Å². The number of carbonyl (C=O) groups excluding carboxylic acids is 2. The smallest absolute Gasteiger partial charge is 0.340 e. The third-order valence-electron chi connectivity index (χ3n) is 2.83. The summed E-state index contributed by atoms with van der Waals surface area (Å²) in [5, 5.41) is 2.60. The number of aryl methyl sites for hydroxylation is 1. The third-order valence-corrected chi connectivity index (χ3v) is 3.27. The zero-order valence-corrected chi connectivity index (χ0v) is 12.9. The van der Waals surface area contributed by atoms with Gasteiger partial charge in [-0.05, 0) is 40.2 Å². The fraction of sp³-hybridized carbons (Fsp3) is 0.143. The Labute approximate surface area is 128 Å². The van der Waals surface area contributed by atoms with Crippen LogP contribution in [-0.2, 0) is 11.8 Å². The van der Waals surface area contributed by atoms with Crippen LogP contribution >= 0.6 is 15.9 Å². The van der Waals surface area contributed by atoms with E-state index in [0.29, 0.717) is 11.4 Å². The number of amides is 1. The lowest BCUT2D eigenvalue weighted by molar-refractivity contribution is 0.0595. The van der Waals surface area contributed by atoms with Crippen LogP contribution in [0.2, 0.25) is 0 Å². The molecule has 1 N–H and O–H groups in total. The molecule has 0 atom stereocenters. The molecule has 0 bridgehead atoms. The summed E-state index contributed by atoms with van der Waals surface area (Å²) in [7, 11) is 2.89. The maximum Gasteiger partial charge on any atom is 0.340 e. The Morgan fingerprint density at radius 3 is 2.62 bits per heavy atom. The lowest BCUT2D eigenvalue weighted by Gasteiger charge is -2.08. The van der Waals surface area contributed by atoms with Crippen molar-refractivity contribution >= 4 is 33.5 Å². The van der Waals surface area contributed by atoms with E-state index in [1.54, 1.807) is 23.9 Å². The first-order valence-electron chi connectivity index (χ1n) is 5.93. The van der Waals surface area contributed by atoms with Crippen molar-refractivity contribution in [1.29, 1.82) is 0 Å². The highest BCUT2D eigenvalue weighted by Crippen LogP contribution is 2.18. The summed E-state index contributed by atoms with van der Waals surface area (Å²) < 4.78 is 20.4. The first kappa shape index (κ1) is 15.2. The van der Waals surface area contributed by atoms with E-state index in [1.165, 1.54) is 12.1 Å². The monoisotopic (exact) mass is 354 g/mol. The van der Waals surface area contributed by atoms with Crippen molar-refractivity contribution in [2.75, 3.05) is 12.4 Å². The highest BCUT2D eigenvalue weighted by Gasteiger charge is 2.15. The van der Waals surface area contributed by atoms with Gasteiger partial charge in [0.25, 0.3) is 5.91 Å². The summed E-state index contributed by atoms with van der Waals surface area (Å²) in [6.45, 7) is 0. The molecule has 0 aliphatic rings. The molecule has 1 aromatic heterocycles. The summed E-state index contributed by atoms with van der Waals surface area (Å²) in [6.07, 6.45) is 1.74. The van der Waals surface area contributed by atoms with Gasteiger partial charge in [-0.3, -0.25) is 4.79 Å². The number of esters is 1. The van der Waals surface area contributed by atoms with Crippen molar-refractivity contribution < 1.29 is 18.7 Å². The zero-order valence-electron chi connectivity index (χ0n) is 11.3. The van der Waals surface area contributed by atoms with Crippen LogP contribution in [0, 0.1) is 5.82 Å². The SMILES string of the molecule is COC(=O)c1cc(NC(=O)c2cc(Br)cn2C)ccc1F. The maximum absolute atomic E-state index is 13.5. The molecule has 0 aliphatic carbocycles. The molecule has 0 aliphatic heterocycles. The van der Waals surface area contributed by atoms with Crippen LogP contribution < -0.4 is 5.32 Å². The average Bonchev–Trinajstić information content (AvgIpc) is 2.79. The molecule has 1 heterocycles. The summed E-state index contributed by atoms with van der Waals surface area (Å²) in [5.74, 6) is -1.88. The minimum atomic E-state index is -0.801. The number of ether oxygens (including phenoxy) is 1. The highest BCUT2D eigenvalue weighted by atomic mass is 79.9. The van der Waals surface area contributed by atoms with Gasteiger partial charge >= 0.3 is 5.97 Å². The largest absolute Gasteiger partial charge is 0.465 e. The predicted octanol–water partition coefficient (Wildman–Crippen LogP) is 2.97. The number of nitrogens with one attached hydrogen (secondary N) is 1. The van der Waals surface area contributed by atoms with Crippen molar-refractivity contribution in [2.45, 2.75) is 0 Å². The minimum Gasteiger partial charge on any atom is -0.465 e. The fourth-order valence-corrected chi connectivity index (χ4v) is 2.34. The molecule has 0 fully saturated rings. The van der Waals surface area contributed by atoms with Crippen LogP contribution in [0.15, 0.2) is 34.9 Å². The van der Waals surface area contributed by atoms with E-state index in [-0.39, 0.29) is 11.5 Å². The van der Waals surface area contributed by atoms with E-state index in [9.17, 15) is 14.0 Å². The Balaban J connectivity index is 2.26. The first-order valence-corrected chi connectivity index (χ1v) is 6.72. The molecule has 0 saturated carbocycles. The van der Waals surface area contributed by atoms with Gasteiger partial charge in [-0.25, -0.2) is 9.18 Å². The van der Waals surface area contributed by atoms with E-state index in [4.69, 9.17) is 0 Å².